The van der Waals surface area contributed by atoms with Gasteiger partial charge in [0.25, 0.3) is 5.91 Å². The molecule has 1 atom stereocenters. The standard InChI is InChI=1S/C13H16N4O3/c14-10(13(19)17-20-7-12(15)18)5-8-6-16-11-4-2-1-3-9(8)11/h1-4,6,10,16H,5,7,14H2,(H2,15,18)(H,17,19)/t10-/m1/s1. The van der Waals surface area contributed by atoms with E-state index in [2.05, 4.69) is 15.3 Å². The molecule has 106 valence electrons. The topological polar surface area (TPSA) is 123 Å². The number of aromatic nitrogens is 1. The lowest BCUT2D eigenvalue weighted by atomic mass is 10.1. The Morgan fingerprint density at radius 3 is 2.85 bits per heavy atom. The Morgan fingerprint density at radius 2 is 2.10 bits per heavy atom. The van der Waals surface area contributed by atoms with E-state index in [-0.39, 0.29) is 6.61 Å². The van der Waals surface area contributed by atoms with E-state index in [4.69, 9.17) is 11.5 Å². The van der Waals surface area contributed by atoms with Crippen molar-refractivity contribution in [1.82, 2.24) is 10.5 Å². The molecule has 20 heavy (non-hydrogen) atoms. The number of fused-ring (bicyclic) bond motifs is 1. The van der Waals surface area contributed by atoms with Crippen LogP contribution in [0.4, 0.5) is 0 Å². The van der Waals surface area contributed by atoms with Crippen molar-refractivity contribution >= 4 is 22.7 Å². The van der Waals surface area contributed by atoms with Gasteiger partial charge in [-0.2, -0.15) is 0 Å². The van der Waals surface area contributed by atoms with Crippen LogP contribution in [0.3, 0.4) is 0 Å². The number of nitrogens with two attached hydrogens (primary N) is 2. The molecule has 0 spiro atoms. The summed E-state index contributed by atoms with van der Waals surface area (Å²) in [6.07, 6.45) is 2.18. The first-order chi connectivity index (χ1) is 9.58. The van der Waals surface area contributed by atoms with E-state index in [0.717, 1.165) is 16.5 Å². The van der Waals surface area contributed by atoms with Crippen molar-refractivity contribution in [2.24, 2.45) is 11.5 Å². The summed E-state index contributed by atoms with van der Waals surface area (Å²) in [5.74, 6) is -1.17. The molecule has 7 nitrogen and oxygen atoms in total. The van der Waals surface area contributed by atoms with Crippen LogP contribution in [0.25, 0.3) is 10.9 Å². The molecule has 1 heterocycles. The number of rotatable bonds is 6. The molecule has 0 bridgehead atoms. The minimum atomic E-state index is -0.776. The predicted molar refractivity (Wildman–Crippen MR) is 73.3 cm³/mol. The fraction of sp³-hybridized carbons (Fsp3) is 0.231. The second kappa shape index (κ2) is 6.18. The zero-order valence-corrected chi connectivity index (χ0v) is 10.8. The van der Waals surface area contributed by atoms with Gasteiger partial charge in [0, 0.05) is 17.1 Å². The molecular formula is C13H16N4O3. The number of carbonyl (C=O) groups is 2. The smallest absolute Gasteiger partial charge is 0.260 e. The summed E-state index contributed by atoms with van der Waals surface area (Å²) in [5.41, 5.74) is 14.7. The van der Waals surface area contributed by atoms with Crippen LogP contribution in [-0.2, 0) is 20.8 Å². The first-order valence-electron chi connectivity index (χ1n) is 6.08. The fourth-order valence-corrected chi connectivity index (χ4v) is 1.88. The van der Waals surface area contributed by atoms with Crippen molar-refractivity contribution in [3.63, 3.8) is 0 Å². The minimum absolute atomic E-state index is 0.357. The predicted octanol–water partition coefficient (Wildman–Crippen LogP) is -0.429. The lowest BCUT2D eigenvalue weighted by Gasteiger charge is -2.11. The highest BCUT2D eigenvalue weighted by Gasteiger charge is 2.16. The van der Waals surface area contributed by atoms with E-state index >= 15 is 0 Å². The maximum absolute atomic E-state index is 11.7. The van der Waals surface area contributed by atoms with Crippen LogP contribution in [0.1, 0.15) is 5.56 Å². The van der Waals surface area contributed by atoms with Gasteiger partial charge < -0.3 is 16.5 Å². The van der Waals surface area contributed by atoms with Gasteiger partial charge in [-0.3, -0.25) is 14.4 Å². The van der Waals surface area contributed by atoms with E-state index in [0.29, 0.717) is 6.42 Å². The molecule has 0 fully saturated rings. The Kier molecular flexibility index (Phi) is 4.34. The van der Waals surface area contributed by atoms with Gasteiger partial charge in [0.1, 0.15) is 0 Å². The van der Waals surface area contributed by atoms with Crippen LogP contribution in [-0.4, -0.2) is 29.4 Å². The number of nitrogens with one attached hydrogen (secondary N) is 2. The average molecular weight is 276 g/mol. The summed E-state index contributed by atoms with van der Waals surface area (Å²) in [4.78, 5) is 29.9. The summed E-state index contributed by atoms with van der Waals surface area (Å²) in [5, 5.41) is 1.02. The number of benzene rings is 1. The quantitative estimate of drug-likeness (QED) is 0.534. The molecule has 1 aromatic heterocycles. The van der Waals surface area contributed by atoms with Gasteiger partial charge in [-0.05, 0) is 18.1 Å². The number of para-hydroxylation sites is 1. The second-order valence-electron chi connectivity index (χ2n) is 4.39. The highest BCUT2D eigenvalue weighted by atomic mass is 16.7. The number of primary amides is 1. The molecule has 2 amide bonds. The van der Waals surface area contributed by atoms with Crippen molar-refractivity contribution in [3.8, 4) is 0 Å². The number of amides is 2. The Bertz CT molecular complexity index is 623. The third kappa shape index (κ3) is 3.34. The Labute approximate surface area is 115 Å². The maximum atomic E-state index is 11.7. The van der Waals surface area contributed by atoms with Crippen molar-refractivity contribution < 1.29 is 14.4 Å². The lowest BCUT2D eigenvalue weighted by molar-refractivity contribution is -0.138. The minimum Gasteiger partial charge on any atom is -0.368 e. The zero-order chi connectivity index (χ0) is 14.5. The third-order valence-corrected chi connectivity index (χ3v) is 2.84. The molecule has 0 radical (unpaired) electrons. The van der Waals surface area contributed by atoms with E-state index in [9.17, 15) is 9.59 Å². The SMILES string of the molecule is NC(=O)CONC(=O)[C@H](N)Cc1c[nH]c2ccccc12. The molecule has 7 heteroatoms. The fourth-order valence-electron chi connectivity index (χ4n) is 1.88. The van der Waals surface area contributed by atoms with E-state index < -0.39 is 17.9 Å². The number of H-pyrrole nitrogens is 1. The van der Waals surface area contributed by atoms with Crippen LogP contribution in [0.2, 0.25) is 0 Å². The molecule has 2 aromatic rings. The van der Waals surface area contributed by atoms with Gasteiger partial charge in [-0.25, -0.2) is 5.48 Å². The van der Waals surface area contributed by atoms with Gasteiger partial charge >= 0.3 is 0 Å². The molecule has 2 rings (SSSR count). The van der Waals surface area contributed by atoms with Crippen molar-refractivity contribution in [1.29, 1.82) is 0 Å². The molecule has 0 aliphatic heterocycles. The van der Waals surface area contributed by atoms with Crippen LogP contribution in [0, 0.1) is 0 Å². The van der Waals surface area contributed by atoms with Crippen molar-refractivity contribution in [3.05, 3.63) is 36.0 Å². The lowest BCUT2D eigenvalue weighted by Crippen LogP contribution is -2.42. The van der Waals surface area contributed by atoms with E-state index in [1.165, 1.54) is 0 Å². The molecule has 1 aromatic carbocycles. The molecular weight excluding hydrogens is 260 g/mol. The Balaban J connectivity index is 1.95. The molecule has 6 N–H and O–H groups in total. The number of hydrogen-bond acceptors (Lipinski definition) is 4. The normalized spacial score (nSPS) is 12.2. The van der Waals surface area contributed by atoms with E-state index in [1.807, 2.05) is 30.5 Å². The largest absolute Gasteiger partial charge is 0.368 e. The van der Waals surface area contributed by atoms with Gasteiger partial charge in [-0.15, -0.1) is 0 Å². The summed E-state index contributed by atoms with van der Waals surface area (Å²) < 4.78 is 0. The number of hydroxylamine groups is 1. The highest BCUT2D eigenvalue weighted by molar-refractivity contribution is 5.85. The van der Waals surface area contributed by atoms with Gasteiger partial charge in [0.05, 0.1) is 6.04 Å². The van der Waals surface area contributed by atoms with Crippen LogP contribution in [0.15, 0.2) is 30.5 Å². The first kappa shape index (κ1) is 14.0. The van der Waals surface area contributed by atoms with Gasteiger partial charge in [0.15, 0.2) is 6.61 Å². The summed E-state index contributed by atoms with van der Waals surface area (Å²) in [7, 11) is 0. The Hall–Kier alpha value is -2.38. The number of hydrogen-bond donors (Lipinski definition) is 4. The Morgan fingerprint density at radius 1 is 1.35 bits per heavy atom. The first-order valence-corrected chi connectivity index (χ1v) is 6.08. The van der Waals surface area contributed by atoms with Crippen molar-refractivity contribution in [2.45, 2.75) is 12.5 Å². The summed E-state index contributed by atoms with van der Waals surface area (Å²) in [6, 6.07) is 6.96. The third-order valence-electron chi connectivity index (χ3n) is 2.84. The average Bonchev–Trinajstić information content (AvgIpc) is 2.81. The monoisotopic (exact) mass is 276 g/mol. The molecule has 0 aliphatic carbocycles. The molecule has 0 aliphatic rings. The maximum Gasteiger partial charge on any atom is 0.260 e. The van der Waals surface area contributed by atoms with Crippen LogP contribution >= 0.6 is 0 Å². The van der Waals surface area contributed by atoms with Crippen LogP contribution in [0.5, 0.6) is 0 Å². The highest BCUT2D eigenvalue weighted by Crippen LogP contribution is 2.18. The van der Waals surface area contributed by atoms with Gasteiger partial charge in [-0.1, -0.05) is 18.2 Å². The van der Waals surface area contributed by atoms with Crippen LogP contribution < -0.4 is 16.9 Å². The number of aromatic amines is 1. The number of carbonyl (C=O) groups excluding carboxylic acids is 2. The molecule has 0 saturated heterocycles. The van der Waals surface area contributed by atoms with E-state index in [1.54, 1.807) is 0 Å². The zero-order valence-electron chi connectivity index (χ0n) is 10.8. The summed E-state index contributed by atoms with van der Waals surface area (Å²) in [6.45, 7) is -0.383. The van der Waals surface area contributed by atoms with Gasteiger partial charge in [0.2, 0.25) is 5.91 Å². The second-order valence-corrected chi connectivity index (χ2v) is 4.39. The van der Waals surface area contributed by atoms with Crippen molar-refractivity contribution in [2.75, 3.05) is 6.61 Å². The molecule has 0 saturated carbocycles. The summed E-state index contributed by atoms with van der Waals surface area (Å²) >= 11 is 0. The molecule has 0 unspecified atom stereocenters.